The van der Waals surface area contributed by atoms with Crippen LogP contribution in [0.1, 0.15) is 39.0 Å². The summed E-state index contributed by atoms with van der Waals surface area (Å²) in [6.45, 7) is 5.23. The summed E-state index contributed by atoms with van der Waals surface area (Å²) < 4.78 is 0. The van der Waals surface area contributed by atoms with Gasteiger partial charge in [-0.3, -0.25) is 4.79 Å². The van der Waals surface area contributed by atoms with Crippen molar-refractivity contribution in [1.82, 2.24) is 10.2 Å². The van der Waals surface area contributed by atoms with Crippen molar-refractivity contribution in [3.63, 3.8) is 0 Å². The Morgan fingerprint density at radius 2 is 2.00 bits per heavy atom. The molecule has 2 rings (SSSR count). The summed E-state index contributed by atoms with van der Waals surface area (Å²) >= 11 is 0. The molecule has 2 aliphatic heterocycles. The molecule has 0 aromatic rings. The van der Waals surface area contributed by atoms with Gasteiger partial charge in [0.15, 0.2) is 0 Å². The van der Waals surface area contributed by atoms with Crippen LogP contribution in [-0.2, 0) is 4.79 Å². The van der Waals surface area contributed by atoms with Gasteiger partial charge in [-0.1, -0.05) is 13.3 Å². The fourth-order valence-corrected chi connectivity index (χ4v) is 2.68. The van der Waals surface area contributed by atoms with E-state index >= 15 is 0 Å². The lowest BCUT2D eigenvalue weighted by Gasteiger charge is -2.33. The highest BCUT2D eigenvalue weighted by atomic mass is 35.5. The van der Waals surface area contributed by atoms with Crippen molar-refractivity contribution in [1.29, 1.82) is 0 Å². The van der Waals surface area contributed by atoms with Crippen molar-refractivity contribution in [2.75, 3.05) is 19.6 Å². The SMILES string of the molecule is CCC1CCN(C(=O)[C@@H]2CCCN2)CC1.Cl. The molecule has 0 spiro atoms. The van der Waals surface area contributed by atoms with Crippen molar-refractivity contribution in [2.24, 2.45) is 5.92 Å². The molecule has 1 amide bonds. The number of hydrogen-bond donors (Lipinski definition) is 1. The van der Waals surface area contributed by atoms with Crippen LogP contribution in [0.4, 0.5) is 0 Å². The third-order valence-corrected chi connectivity index (χ3v) is 3.86. The van der Waals surface area contributed by atoms with E-state index in [1.165, 1.54) is 19.3 Å². The highest BCUT2D eigenvalue weighted by Crippen LogP contribution is 2.21. The third kappa shape index (κ3) is 3.11. The fraction of sp³-hybridized carbons (Fsp3) is 0.917. The zero-order valence-electron chi connectivity index (χ0n) is 10.1. The average Bonchev–Trinajstić information content (AvgIpc) is 2.82. The molecule has 0 aromatic heterocycles. The number of amides is 1. The second-order valence-corrected chi connectivity index (χ2v) is 4.83. The maximum absolute atomic E-state index is 12.1. The third-order valence-electron chi connectivity index (χ3n) is 3.86. The molecule has 16 heavy (non-hydrogen) atoms. The Hall–Kier alpha value is -0.280. The van der Waals surface area contributed by atoms with Crippen LogP contribution >= 0.6 is 12.4 Å². The molecule has 4 heteroatoms. The van der Waals surface area contributed by atoms with Gasteiger partial charge in [0.25, 0.3) is 0 Å². The van der Waals surface area contributed by atoms with Gasteiger partial charge in [0, 0.05) is 13.1 Å². The molecule has 94 valence electrons. The molecule has 2 heterocycles. The molecule has 0 aliphatic carbocycles. The normalized spacial score (nSPS) is 26.6. The monoisotopic (exact) mass is 246 g/mol. The average molecular weight is 247 g/mol. The van der Waals surface area contributed by atoms with Gasteiger partial charge in [0.05, 0.1) is 6.04 Å². The second kappa shape index (κ2) is 6.45. The number of nitrogens with zero attached hydrogens (tertiary/aromatic N) is 1. The predicted octanol–water partition coefficient (Wildman–Crippen LogP) is 1.81. The lowest BCUT2D eigenvalue weighted by atomic mass is 9.94. The first kappa shape index (κ1) is 13.8. The van der Waals surface area contributed by atoms with Crippen LogP contribution in [0, 0.1) is 5.92 Å². The van der Waals surface area contributed by atoms with Crippen LogP contribution in [0.2, 0.25) is 0 Å². The quantitative estimate of drug-likeness (QED) is 0.806. The minimum absolute atomic E-state index is 0. The highest BCUT2D eigenvalue weighted by Gasteiger charge is 2.29. The Morgan fingerprint density at radius 3 is 2.50 bits per heavy atom. The number of rotatable bonds is 2. The molecule has 1 N–H and O–H groups in total. The fourth-order valence-electron chi connectivity index (χ4n) is 2.68. The van der Waals surface area contributed by atoms with Crippen LogP contribution < -0.4 is 5.32 Å². The van der Waals surface area contributed by atoms with E-state index in [1.54, 1.807) is 0 Å². The molecule has 2 fully saturated rings. The number of carbonyl (C=O) groups is 1. The van der Waals surface area contributed by atoms with Crippen LogP contribution in [0.3, 0.4) is 0 Å². The van der Waals surface area contributed by atoms with Crippen molar-refractivity contribution in [3.8, 4) is 0 Å². The number of likely N-dealkylation sites (tertiary alicyclic amines) is 1. The molecule has 2 aliphatic rings. The number of halogens is 1. The summed E-state index contributed by atoms with van der Waals surface area (Å²) in [7, 11) is 0. The molecule has 3 nitrogen and oxygen atoms in total. The molecule has 0 saturated carbocycles. The second-order valence-electron chi connectivity index (χ2n) is 4.83. The van der Waals surface area contributed by atoms with Crippen molar-refractivity contribution < 1.29 is 4.79 Å². The van der Waals surface area contributed by atoms with Gasteiger partial charge in [0.1, 0.15) is 0 Å². The van der Waals surface area contributed by atoms with Gasteiger partial charge < -0.3 is 10.2 Å². The minimum atomic E-state index is 0. The van der Waals surface area contributed by atoms with Crippen LogP contribution in [0.25, 0.3) is 0 Å². The summed E-state index contributed by atoms with van der Waals surface area (Å²) in [5.74, 6) is 1.20. The van der Waals surface area contributed by atoms with Gasteiger partial charge in [0.2, 0.25) is 5.91 Å². The predicted molar refractivity (Wildman–Crippen MR) is 67.9 cm³/mol. The number of hydrogen-bond acceptors (Lipinski definition) is 2. The molecule has 0 bridgehead atoms. The van der Waals surface area contributed by atoms with Gasteiger partial charge in [-0.15, -0.1) is 12.4 Å². The van der Waals surface area contributed by atoms with E-state index in [4.69, 9.17) is 0 Å². The van der Waals surface area contributed by atoms with E-state index in [2.05, 4.69) is 17.1 Å². The van der Waals surface area contributed by atoms with Crippen LogP contribution in [0.5, 0.6) is 0 Å². The van der Waals surface area contributed by atoms with E-state index in [0.29, 0.717) is 5.91 Å². The zero-order valence-corrected chi connectivity index (χ0v) is 10.9. The molecule has 0 aromatic carbocycles. The summed E-state index contributed by atoms with van der Waals surface area (Å²) in [6, 6.07) is 0.128. The zero-order chi connectivity index (χ0) is 10.7. The molecule has 0 unspecified atom stereocenters. The Morgan fingerprint density at radius 1 is 1.31 bits per heavy atom. The molecule has 2 saturated heterocycles. The van der Waals surface area contributed by atoms with Crippen molar-refractivity contribution >= 4 is 18.3 Å². The smallest absolute Gasteiger partial charge is 0.239 e. The Kier molecular flexibility index (Phi) is 5.56. The maximum Gasteiger partial charge on any atom is 0.239 e. The maximum atomic E-state index is 12.1. The van der Waals surface area contributed by atoms with Crippen LogP contribution in [0.15, 0.2) is 0 Å². The largest absolute Gasteiger partial charge is 0.341 e. The number of piperidine rings is 1. The van der Waals surface area contributed by atoms with Crippen molar-refractivity contribution in [2.45, 2.75) is 45.1 Å². The standard InChI is InChI=1S/C12H22N2O.ClH/c1-2-10-5-8-14(9-6-10)12(15)11-4-3-7-13-11;/h10-11,13H,2-9H2,1H3;1H/t11-;/m0./s1. The van der Waals surface area contributed by atoms with Crippen LogP contribution in [-0.4, -0.2) is 36.5 Å². The van der Waals surface area contributed by atoms with E-state index in [1.807, 2.05) is 0 Å². The number of nitrogens with one attached hydrogen (secondary N) is 1. The summed E-state index contributed by atoms with van der Waals surface area (Å²) in [5.41, 5.74) is 0. The summed E-state index contributed by atoms with van der Waals surface area (Å²) in [4.78, 5) is 14.1. The molecular weight excluding hydrogens is 224 g/mol. The highest BCUT2D eigenvalue weighted by molar-refractivity contribution is 5.85. The first-order chi connectivity index (χ1) is 7.31. The first-order valence-corrected chi connectivity index (χ1v) is 6.33. The van der Waals surface area contributed by atoms with Gasteiger partial charge >= 0.3 is 0 Å². The summed E-state index contributed by atoms with van der Waals surface area (Å²) in [6.07, 6.45) is 5.86. The topological polar surface area (TPSA) is 32.3 Å². The first-order valence-electron chi connectivity index (χ1n) is 6.33. The Labute approximate surface area is 104 Å². The van der Waals surface area contributed by atoms with Gasteiger partial charge in [-0.05, 0) is 38.1 Å². The summed E-state index contributed by atoms with van der Waals surface area (Å²) in [5, 5.41) is 3.29. The van der Waals surface area contributed by atoms with Gasteiger partial charge in [-0.25, -0.2) is 0 Å². The van der Waals surface area contributed by atoms with E-state index in [0.717, 1.165) is 38.4 Å². The lowest BCUT2D eigenvalue weighted by molar-refractivity contribution is -0.134. The van der Waals surface area contributed by atoms with E-state index in [-0.39, 0.29) is 18.4 Å². The van der Waals surface area contributed by atoms with Crippen molar-refractivity contribution in [3.05, 3.63) is 0 Å². The van der Waals surface area contributed by atoms with E-state index < -0.39 is 0 Å². The minimum Gasteiger partial charge on any atom is -0.341 e. The lowest BCUT2D eigenvalue weighted by Crippen LogP contribution is -2.46. The Balaban J connectivity index is 0.00000128. The number of carbonyl (C=O) groups excluding carboxylic acids is 1. The molecule has 1 atom stereocenters. The Bertz CT molecular complexity index is 221. The molecule has 0 radical (unpaired) electrons. The molecular formula is C12H23ClN2O. The van der Waals surface area contributed by atoms with Gasteiger partial charge in [-0.2, -0.15) is 0 Å². The van der Waals surface area contributed by atoms with E-state index in [9.17, 15) is 4.79 Å².